The molecule has 0 saturated heterocycles. The molecular weight excluding hydrogens is 251 g/mol. The van der Waals surface area contributed by atoms with Gasteiger partial charge in [0.15, 0.2) is 0 Å². The number of nitrogens with one attached hydrogen (secondary N) is 1. The molecule has 0 bridgehead atoms. The van der Waals surface area contributed by atoms with Crippen LogP contribution in [0.15, 0.2) is 48.5 Å². The molecule has 20 heavy (non-hydrogen) atoms. The Kier molecular flexibility index (Phi) is 3.39. The summed E-state index contributed by atoms with van der Waals surface area (Å²) in [6, 6.07) is 16.5. The van der Waals surface area contributed by atoms with Crippen LogP contribution in [0, 0.1) is 23.1 Å². The summed E-state index contributed by atoms with van der Waals surface area (Å²) in [6.07, 6.45) is 2.40. The van der Waals surface area contributed by atoms with E-state index in [9.17, 15) is 4.39 Å². The largest absolute Gasteiger partial charge is 0.378 e. The maximum Gasteiger partial charge on any atom is 0.123 e. The zero-order chi connectivity index (χ0) is 13.9. The van der Waals surface area contributed by atoms with Gasteiger partial charge in [0.1, 0.15) is 5.82 Å². The summed E-state index contributed by atoms with van der Waals surface area (Å²) in [5.74, 6) is 0.401. The van der Waals surface area contributed by atoms with Crippen LogP contribution in [0.4, 0.5) is 10.1 Å². The van der Waals surface area contributed by atoms with E-state index in [0.717, 1.165) is 11.3 Å². The normalized spacial score (nSPS) is 15.4. The van der Waals surface area contributed by atoms with E-state index in [4.69, 9.17) is 5.26 Å². The Morgan fingerprint density at radius 2 is 1.70 bits per heavy atom. The first kappa shape index (κ1) is 12.7. The zero-order valence-electron chi connectivity index (χ0n) is 11.0. The number of benzene rings is 2. The van der Waals surface area contributed by atoms with Crippen LogP contribution in [0.3, 0.4) is 0 Å². The lowest BCUT2D eigenvalue weighted by molar-refractivity contribution is 0.622. The van der Waals surface area contributed by atoms with Gasteiger partial charge in [0, 0.05) is 5.69 Å². The van der Waals surface area contributed by atoms with Gasteiger partial charge in [-0.2, -0.15) is 5.26 Å². The maximum atomic E-state index is 13.0. The van der Waals surface area contributed by atoms with Gasteiger partial charge in [-0.1, -0.05) is 12.1 Å². The highest BCUT2D eigenvalue weighted by atomic mass is 19.1. The quantitative estimate of drug-likeness (QED) is 0.897. The summed E-state index contributed by atoms with van der Waals surface area (Å²) in [6.45, 7) is 0. The van der Waals surface area contributed by atoms with Crippen molar-refractivity contribution in [3.05, 3.63) is 65.5 Å². The summed E-state index contributed by atoms with van der Waals surface area (Å²) in [7, 11) is 0. The molecule has 2 aromatic carbocycles. The Morgan fingerprint density at radius 1 is 1.05 bits per heavy atom. The van der Waals surface area contributed by atoms with Gasteiger partial charge in [0.25, 0.3) is 0 Å². The number of hydrogen-bond donors (Lipinski definition) is 1. The van der Waals surface area contributed by atoms with Gasteiger partial charge in [-0.25, -0.2) is 4.39 Å². The van der Waals surface area contributed by atoms with Crippen LogP contribution in [0.1, 0.15) is 30.0 Å². The van der Waals surface area contributed by atoms with Gasteiger partial charge in [0.2, 0.25) is 0 Å². The van der Waals surface area contributed by atoms with Crippen LogP contribution in [0.5, 0.6) is 0 Å². The lowest BCUT2D eigenvalue weighted by Crippen LogP contribution is -2.12. The minimum absolute atomic E-state index is 0.207. The topological polar surface area (TPSA) is 35.8 Å². The van der Waals surface area contributed by atoms with E-state index in [0.29, 0.717) is 11.5 Å². The number of nitriles is 1. The molecule has 0 aromatic heterocycles. The van der Waals surface area contributed by atoms with Crippen molar-refractivity contribution in [3.63, 3.8) is 0 Å². The van der Waals surface area contributed by atoms with Crippen molar-refractivity contribution in [2.24, 2.45) is 5.92 Å². The molecule has 2 aromatic rings. The second-order valence-corrected chi connectivity index (χ2v) is 5.20. The van der Waals surface area contributed by atoms with Crippen LogP contribution >= 0.6 is 0 Å². The summed E-state index contributed by atoms with van der Waals surface area (Å²) >= 11 is 0. The van der Waals surface area contributed by atoms with Crippen molar-refractivity contribution in [2.75, 3.05) is 5.32 Å². The molecule has 3 rings (SSSR count). The number of rotatable bonds is 4. The molecule has 1 aliphatic carbocycles. The standard InChI is InChI=1S/C17H15FN2/c18-15-7-5-14(6-8-15)17(13-3-4-13)20-16-9-1-12(11-19)2-10-16/h1-2,5-10,13,17,20H,3-4H2. The molecule has 0 heterocycles. The Labute approximate surface area is 117 Å². The van der Waals surface area contributed by atoms with Crippen molar-refractivity contribution in [3.8, 4) is 6.07 Å². The third-order valence-corrected chi connectivity index (χ3v) is 3.66. The summed E-state index contributed by atoms with van der Waals surface area (Å²) in [4.78, 5) is 0. The maximum absolute atomic E-state index is 13.0. The fourth-order valence-corrected chi connectivity index (χ4v) is 2.39. The molecular formula is C17H15FN2. The third-order valence-electron chi connectivity index (χ3n) is 3.66. The number of hydrogen-bond acceptors (Lipinski definition) is 2. The van der Waals surface area contributed by atoms with Crippen LogP contribution in [-0.4, -0.2) is 0 Å². The second kappa shape index (κ2) is 5.34. The summed E-state index contributed by atoms with van der Waals surface area (Å²) < 4.78 is 13.0. The zero-order valence-corrected chi connectivity index (χ0v) is 11.0. The Hall–Kier alpha value is -2.34. The molecule has 1 N–H and O–H groups in total. The molecule has 0 aliphatic heterocycles. The first-order valence-corrected chi connectivity index (χ1v) is 6.78. The first-order chi connectivity index (χ1) is 9.76. The van der Waals surface area contributed by atoms with E-state index in [1.165, 1.54) is 25.0 Å². The molecule has 1 atom stereocenters. The van der Waals surface area contributed by atoms with Crippen molar-refractivity contribution in [2.45, 2.75) is 18.9 Å². The predicted molar refractivity (Wildman–Crippen MR) is 76.6 cm³/mol. The van der Waals surface area contributed by atoms with Gasteiger partial charge < -0.3 is 5.32 Å². The van der Waals surface area contributed by atoms with Crippen molar-refractivity contribution in [1.29, 1.82) is 5.26 Å². The van der Waals surface area contributed by atoms with Crippen LogP contribution in [0.2, 0.25) is 0 Å². The smallest absolute Gasteiger partial charge is 0.123 e. The number of nitrogens with zero attached hydrogens (tertiary/aromatic N) is 1. The van der Waals surface area contributed by atoms with Gasteiger partial charge in [-0.05, 0) is 60.7 Å². The minimum atomic E-state index is -0.207. The Morgan fingerprint density at radius 3 is 2.25 bits per heavy atom. The van der Waals surface area contributed by atoms with Crippen LogP contribution in [-0.2, 0) is 0 Å². The van der Waals surface area contributed by atoms with E-state index in [1.807, 2.05) is 24.3 Å². The molecule has 0 amide bonds. The van der Waals surface area contributed by atoms with E-state index in [-0.39, 0.29) is 11.9 Å². The number of anilines is 1. The van der Waals surface area contributed by atoms with Crippen molar-refractivity contribution >= 4 is 5.69 Å². The molecule has 1 fully saturated rings. The second-order valence-electron chi connectivity index (χ2n) is 5.20. The van der Waals surface area contributed by atoms with Crippen LogP contribution < -0.4 is 5.32 Å². The highest BCUT2D eigenvalue weighted by Crippen LogP contribution is 2.42. The average Bonchev–Trinajstić information content (AvgIpc) is 3.31. The molecule has 1 unspecified atom stereocenters. The molecule has 2 nitrogen and oxygen atoms in total. The van der Waals surface area contributed by atoms with Gasteiger partial charge in [-0.3, -0.25) is 0 Å². The van der Waals surface area contributed by atoms with Crippen LogP contribution in [0.25, 0.3) is 0 Å². The predicted octanol–water partition coefficient (Wildman–Crippen LogP) is 4.26. The van der Waals surface area contributed by atoms with Gasteiger partial charge >= 0.3 is 0 Å². The highest BCUT2D eigenvalue weighted by Gasteiger charge is 2.32. The van der Waals surface area contributed by atoms with E-state index in [1.54, 1.807) is 12.1 Å². The third kappa shape index (κ3) is 2.80. The van der Waals surface area contributed by atoms with E-state index >= 15 is 0 Å². The Bertz CT molecular complexity index is 622. The van der Waals surface area contributed by atoms with E-state index < -0.39 is 0 Å². The monoisotopic (exact) mass is 266 g/mol. The van der Waals surface area contributed by atoms with Gasteiger partial charge in [0.05, 0.1) is 17.7 Å². The minimum Gasteiger partial charge on any atom is -0.378 e. The Balaban J connectivity index is 1.80. The lowest BCUT2D eigenvalue weighted by atomic mass is 10.0. The summed E-state index contributed by atoms with van der Waals surface area (Å²) in [5.41, 5.74) is 2.75. The van der Waals surface area contributed by atoms with E-state index in [2.05, 4.69) is 11.4 Å². The van der Waals surface area contributed by atoms with Gasteiger partial charge in [-0.15, -0.1) is 0 Å². The molecule has 3 heteroatoms. The highest BCUT2D eigenvalue weighted by molar-refractivity contribution is 5.49. The SMILES string of the molecule is N#Cc1ccc(NC(c2ccc(F)cc2)C2CC2)cc1. The molecule has 0 spiro atoms. The first-order valence-electron chi connectivity index (χ1n) is 6.78. The lowest BCUT2D eigenvalue weighted by Gasteiger charge is -2.20. The van der Waals surface area contributed by atoms with Crippen molar-refractivity contribution < 1.29 is 4.39 Å². The number of halogens is 1. The fourth-order valence-electron chi connectivity index (χ4n) is 2.39. The molecule has 1 saturated carbocycles. The average molecular weight is 266 g/mol. The molecule has 100 valence electrons. The molecule has 0 radical (unpaired) electrons. The van der Waals surface area contributed by atoms with Crippen molar-refractivity contribution in [1.82, 2.24) is 0 Å². The fraction of sp³-hybridized carbons (Fsp3) is 0.235. The molecule has 1 aliphatic rings. The summed E-state index contributed by atoms with van der Waals surface area (Å²) in [5, 5.41) is 12.3.